The predicted octanol–water partition coefficient (Wildman–Crippen LogP) is 2.24. The van der Waals surface area contributed by atoms with E-state index in [0.717, 1.165) is 12.3 Å². The zero-order valence-corrected chi connectivity index (χ0v) is 10.3. The van der Waals surface area contributed by atoms with Crippen LogP contribution in [0.4, 0.5) is 5.69 Å². The van der Waals surface area contributed by atoms with Crippen molar-refractivity contribution in [2.24, 2.45) is 5.92 Å². The highest BCUT2D eigenvalue weighted by molar-refractivity contribution is 6.29. The lowest BCUT2D eigenvalue weighted by Crippen LogP contribution is -2.28. The number of anilines is 1. The maximum atomic E-state index is 11.8. The topological polar surface area (TPSA) is 68.0 Å². The lowest BCUT2D eigenvalue weighted by molar-refractivity contribution is 0.0950. The summed E-state index contributed by atoms with van der Waals surface area (Å²) in [7, 11) is 0. The third-order valence-electron chi connectivity index (χ3n) is 3.21. The highest BCUT2D eigenvalue weighted by Crippen LogP contribution is 2.28. The van der Waals surface area contributed by atoms with Gasteiger partial charge in [-0.25, -0.2) is 4.98 Å². The molecule has 5 heteroatoms. The van der Waals surface area contributed by atoms with E-state index in [1.54, 1.807) is 0 Å². The Morgan fingerprint density at radius 3 is 3.00 bits per heavy atom. The average molecular weight is 254 g/mol. The predicted molar refractivity (Wildman–Crippen MR) is 68.0 cm³/mol. The summed E-state index contributed by atoms with van der Waals surface area (Å²) in [6.45, 7) is 0.697. The van der Waals surface area contributed by atoms with Gasteiger partial charge in [-0.3, -0.25) is 4.79 Å². The smallest absolute Gasteiger partial charge is 0.253 e. The van der Waals surface area contributed by atoms with Gasteiger partial charge in [0.1, 0.15) is 5.15 Å². The molecular formula is C12H16ClN3O. The Labute approximate surface area is 106 Å². The highest BCUT2D eigenvalue weighted by Gasteiger charge is 2.17. The van der Waals surface area contributed by atoms with E-state index in [2.05, 4.69) is 10.3 Å². The molecule has 0 saturated heterocycles. The summed E-state index contributed by atoms with van der Waals surface area (Å²) in [5.74, 6) is 0.611. The lowest BCUT2D eigenvalue weighted by atomic mass is 9.83. The van der Waals surface area contributed by atoms with Crippen molar-refractivity contribution in [2.45, 2.75) is 25.7 Å². The van der Waals surface area contributed by atoms with Crippen molar-refractivity contribution in [2.75, 3.05) is 12.3 Å². The Morgan fingerprint density at radius 2 is 2.35 bits per heavy atom. The minimum Gasteiger partial charge on any atom is -0.397 e. The lowest BCUT2D eigenvalue weighted by Gasteiger charge is -2.25. The van der Waals surface area contributed by atoms with Gasteiger partial charge in [-0.15, -0.1) is 0 Å². The molecule has 1 heterocycles. The van der Waals surface area contributed by atoms with Gasteiger partial charge in [0.05, 0.1) is 17.4 Å². The molecule has 0 spiro atoms. The second kappa shape index (κ2) is 5.36. The van der Waals surface area contributed by atoms with Crippen molar-refractivity contribution in [3.8, 4) is 0 Å². The zero-order valence-electron chi connectivity index (χ0n) is 9.58. The van der Waals surface area contributed by atoms with E-state index in [1.165, 1.54) is 31.5 Å². The summed E-state index contributed by atoms with van der Waals surface area (Å²) >= 11 is 5.73. The number of nitrogens with zero attached hydrogens (tertiary/aromatic N) is 1. The summed E-state index contributed by atoms with van der Waals surface area (Å²) in [5, 5.41) is 3.14. The van der Waals surface area contributed by atoms with Crippen molar-refractivity contribution in [1.82, 2.24) is 10.3 Å². The number of nitrogens with one attached hydrogen (secondary N) is 1. The van der Waals surface area contributed by atoms with E-state index < -0.39 is 0 Å². The van der Waals surface area contributed by atoms with Crippen molar-refractivity contribution >= 4 is 23.2 Å². The molecule has 0 atom stereocenters. The van der Waals surface area contributed by atoms with Crippen molar-refractivity contribution in [1.29, 1.82) is 0 Å². The Hall–Kier alpha value is -1.29. The maximum absolute atomic E-state index is 11.8. The van der Waals surface area contributed by atoms with E-state index in [4.69, 9.17) is 17.3 Å². The highest BCUT2D eigenvalue weighted by atomic mass is 35.5. The van der Waals surface area contributed by atoms with E-state index in [-0.39, 0.29) is 11.1 Å². The van der Waals surface area contributed by atoms with Crippen LogP contribution in [0.2, 0.25) is 5.15 Å². The van der Waals surface area contributed by atoms with E-state index in [9.17, 15) is 4.79 Å². The number of halogens is 1. The summed E-state index contributed by atoms with van der Waals surface area (Å²) < 4.78 is 0. The number of amides is 1. The van der Waals surface area contributed by atoms with Gasteiger partial charge >= 0.3 is 0 Å². The van der Waals surface area contributed by atoms with Gasteiger partial charge in [0.2, 0.25) is 0 Å². The van der Waals surface area contributed by atoms with Crippen molar-refractivity contribution in [3.63, 3.8) is 0 Å². The molecule has 2 rings (SSSR count). The summed E-state index contributed by atoms with van der Waals surface area (Å²) in [6.07, 6.45) is 6.36. The molecule has 0 aromatic carbocycles. The van der Waals surface area contributed by atoms with Crippen LogP contribution in [-0.4, -0.2) is 17.4 Å². The number of carbonyl (C=O) groups excluding carboxylic acids is 1. The molecule has 3 N–H and O–H groups in total. The van der Waals surface area contributed by atoms with Crippen LogP contribution in [-0.2, 0) is 0 Å². The number of hydrogen-bond donors (Lipinski definition) is 2. The van der Waals surface area contributed by atoms with Crippen LogP contribution in [0.3, 0.4) is 0 Å². The fourth-order valence-electron chi connectivity index (χ4n) is 1.90. The quantitative estimate of drug-likeness (QED) is 0.809. The van der Waals surface area contributed by atoms with Crippen LogP contribution in [0, 0.1) is 5.92 Å². The van der Waals surface area contributed by atoms with Gasteiger partial charge in [-0.1, -0.05) is 30.9 Å². The Bertz CT molecular complexity index is 418. The second-order valence-corrected chi connectivity index (χ2v) is 4.82. The van der Waals surface area contributed by atoms with Gasteiger partial charge < -0.3 is 11.1 Å². The normalized spacial score (nSPS) is 15.4. The number of carbonyl (C=O) groups is 1. The Balaban J connectivity index is 1.87. The van der Waals surface area contributed by atoms with Crippen LogP contribution >= 0.6 is 11.6 Å². The van der Waals surface area contributed by atoms with Crippen molar-refractivity contribution < 1.29 is 4.79 Å². The first-order chi connectivity index (χ1) is 8.16. The summed E-state index contributed by atoms with van der Waals surface area (Å²) in [6, 6.07) is 1.50. The Kier molecular flexibility index (Phi) is 3.84. The van der Waals surface area contributed by atoms with Crippen LogP contribution in [0.1, 0.15) is 36.0 Å². The van der Waals surface area contributed by atoms with E-state index in [0.29, 0.717) is 17.8 Å². The number of pyridine rings is 1. The van der Waals surface area contributed by atoms with Crippen LogP contribution < -0.4 is 11.1 Å². The van der Waals surface area contributed by atoms with Gasteiger partial charge in [0, 0.05) is 6.54 Å². The minimum atomic E-state index is -0.175. The molecule has 17 heavy (non-hydrogen) atoms. The van der Waals surface area contributed by atoms with Crippen molar-refractivity contribution in [3.05, 3.63) is 23.0 Å². The van der Waals surface area contributed by atoms with Gasteiger partial charge in [0.15, 0.2) is 0 Å². The number of hydrogen-bond acceptors (Lipinski definition) is 3. The third-order valence-corrected chi connectivity index (χ3v) is 3.42. The molecule has 1 aliphatic rings. The SMILES string of the molecule is Nc1cnc(Cl)cc1C(=O)NCCC1CCC1. The zero-order chi connectivity index (χ0) is 12.3. The molecule has 1 saturated carbocycles. The van der Waals surface area contributed by atoms with Crippen LogP contribution in [0.25, 0.3) is 0 Å². The van der Waals surface area contributed by atoms with Crippen LogP contribution in [0.15, 0.2) is 12.3 Å². The summed E-state index contributed by atoms with van der Waals surface area (Å²) in [4.78, 5) is 15.6. The minimum absolute atomic E-state index is 0.175. The molecule has 0 bridgehead atoms. The van der Waals surface area contributed by atoms with Gasteiger partial charge in [-0.05, 0) is 18.4 Å². The molecule has 92 valence electrons. The maximum Gasteiger partial charge on any atom is 0.253 e. The molecule has 1 amide bonds. The fraction of sp³-hybridized carbons (Fsp3) is 0.500. The molecule has 0 aliphatic heterocycles. The third kappa shape index (κ3) is 3.09. The first-order valence-corrected chi connectivity index (χ1v) is 6.24. The van der Waals surface area contributed by atoms with Gasteiger partial charge in [0.25, 0.3) is 5.91 Å². The summed E-state index contributed by atoms with van der Waals surface area (Å²) in [5.41, 5.74) is 6.44. The first-order valence-electron chi connectivity index (χ1n) is 5.86. The standard InChI is InChI=1S/C12H16ClN3O/c13-11-6-9(10(14)7-16-11)12(17)15-5-4-8-2-1-3-8/h6-8H,1-5,14H2,(H,15,17). The number of rotatable bonds is 4. The van der Waals surface area contributed by atoms with Crippen LogP contribution in [0.5, 0.6) is 0 Å². The molecule has 1 aromatic rings. The largest absolute Gasteiger partial charge is 0.397 e. The molecule has 1 fully saturated rings. The van der Waals surface area contributed by atoms with Gasteiger partial charge in [-0.2, -0.15) is 0 Å². The molecule has 0 unspecified atom stereocenters. The number of nitrogen functional groups attached to an aromatic ring is 1. The second-order valence-electron chi connectivity index (χ2n) is 4.44. The monoisotopic (exact) mass is 253 g/mol. The van der Waals surface area contributed by atoms with E-state index >= 15 is 0 Å². The molecule has 0 radical (unpaired) electrons. The fourth-order valence-corrected chi connectivity index (χ4v) is 2.06. The average Bonchev–Trinajstić information content (AvgIpc) is 2.25. The molecular weight excluding hydrogens is 238 g/mol. The molecule has 1 aliphatic carbocycles. The number of nitrogens with two attached hydrogens (primary N) is 1. The number of aromatic nitrogens is 1. The first kappa shape index (κ1) is 12.2. The Morgan fingerprint density at radius 1 is 1.59 bits per heavy atom. The molecule has 4 nitrogen and oxygen atoms in total. The van der Waals surface area contributed by atoms with E-state index in [1.807, 2.05) is 0 Å². The molecule has 1 aromatic heterocycles.